The highest BCUT2D eigenvalue weighted by Gasteiger charge is 2.42. The maximum absolute atomic E-state index is 10.9. The second-order valence-corrected chi connectivity index (χ2v) is 10.8. The van der Waals surface area contributed by atoms with Crippen molar-refractivity contribution in [3.05, 3.63) is 65.7 Å². The van der Waals surface area contributed by atoms with Gasteiger partial charge in [0.15, 0.2) is 5.79 Å². The second kappa shape index (κ2) is 15.7. The fourth-order valence-electron chi connectivity index (χ4n) is 5.54. The van der Waals surface area contributed by atoms with Crippen LogP contribution in [0.25, 0.3) is 0 Å². The first kappa shape index (κ1) is 30.0. The van der Waals surface area contributed by atoms with Gasteiger partial charge in [-0.25, -0.2) is 0 Å². The van der Waals surface area contributed by atoms with E-state index >= 15 is 0 Å². The van der Waals surface area contributed by atoms with Crippen LogP contribution in [0.5, 0.6) is 5.75 Å². The van der Waals surface area contributed by atoms with Crippen LogP contribution in [0.3, 0.4) is 0 Å². The lowest BCUT2D eigenvalue weighted by Crippen LogP contribution is -2.35. The Morgan fingerprint density at radius 1 is 0.897 bits per heavy atom. The molecule has 0 bridgehead atoms. The standard InChI is InChI=1S/C32H46O7/c1-34-28-14-11-26(12-15-28)22-36-20-17-30(37-23-25-9-5-3-6-10-25)31(35-2)21-27(33)13-16-29-24-38-32(39-29)18-7-4-8-19-32/h3,5-6,9-12,14-15,27,29-31,33H,4,7-8,13,16-24H2,1-2H3/t27-,29+,30+,31+/m1/s1. The maximum atomic E-state index is 10.9. The van der Waals surface area contributed by atoms with Crippen LogP contribution in [-0.2, 0) is 36.9 Å². The van der Waals surface area contributed by atoms with Crippen LogP contribution in [0, 0.1) is 0 Å². The summed E-state index contributed by atoms with van der Waals surface area (Å²) in [5, 5.41) is 10.9. The molecule has 7 nitrogen and oxygen atoms in total. The number of hydrogen-bond acceptors (Lipinski definition) is 7. The third-order valence-electron chi connectivity index (χ3n) is 7.85. The Bertz CT molecular complexity index is 929. The van der Waals surface area contributed by atoms with E-state index in [0.29, 0.717) is 45.7 Å². The summed E-state index contributed by atoms with van der Waals surface area (Å²) in [4.78, 5) is 0. The van der Waals surface area contributed by atoms with Crippen molar-refractivity contribution in [1.82, 2.24) is 0 Å². The molecule has 0 amide bonds. The van der Waals surface area contributed by atoms with Crippen LogP contribution < -0.4 is 4.74 Å². The van der Waals surface area contributed by atoms with E-state index in [9.17, 15) is 5.11 Å². The molecule has 0 unspecified atom stereocenters. The van der Waals surface area contributed by atoms with Gasteiger partial charge >= 0.3 is 0 Å². The molecule has 1 spiro atoms. The van der Waals surface area contributed by atoms with Crippen LogP contribution in [0.2, 0.25) is 0 Å². The van der Waals surface area contributed by atoms with Crippen molar-refractivity contribution in [3.8, 4) is 5.75 Å². The van der Waals surface area contributed by atoms with Gasteiger partial charge in [0.05, 0.1) is 51.3 Å². The summed E-state index contributed by atoms with van der Waals surface area (Å²) in [6, 6.07) is 18.0. The monoisotopic (exact) mass is 542 g/mol. The summed E-state index contributed by atoms with van der Waals surface area (Å²) in [5.41, 5.74) is 2.19. The molecule has 0 radical (unpaired) electrons. The van der Waals surface area contributed by atoms with E-state index in [1.165, 1.54) is 19.3 Å². The number of ether oxygens (including phenoxy) is 6. The normalized spacial score (nSPS) is 21.1. The Morgan fingerprint density at radius 3 is 2.36 bits per heavy atom. The van der Waals surface area contributed by atoms with Gasteiger partial charge in [-0.15, -0.1) is 0 Å². The first-order valence-corrected chi connectivity index (χ1v) is 14.5. The number of aliphatic hydroxyl groups is 1. The van der Waals surface area contributed by atoms with Crippen LogP contribution in [0.15, 0.2) is 54.6 Å². The van der Waals surface area contributed by atoms with Crippen LogP contribution in [-0.4, -0.2) is 62.7 Å². The highest BCUT2D eigenvalue weighted by atomic mass is 16.7. The van der Waals surface area contributed by atoms with Crippen molar-refractivity contribution in [2.45, 2.75) is 101 Å². The topological polar surface area (TPSA) is 75.6 Å². The highest BCUT2D eigenvalue weighted by molar-refractivity contribution is 5.26. The zero-order chi connectivity index (χ0) is 27.3. The van der Waals surface area contributed by atoms with Crippen molar-refractivity contribution in [1.29, 1.82) is 0 Å². The van der Waals surface area contributed by atoms with Crippen LogP contribution in [0.4, 0.5) is 0 Å². The number of benzene rings is 2. The van der Waals surface area contributed by atoms with Crippen molar-refractivity contribution >= 4 is 0 Å². The van der Waals surface area contributed by atoms with Gasteiger partial charge in [-0.05, 0) is 55.4 Å². The minimum absolute atomic E-state index is 0.0511. The Kier molecular flexibility index (Phi) is 12.1. The molecule has 1 heterocycles. The van der Waals surface area contributed by atoms with E-state index in [2.05, 4.69) is 12.1 Å². The van der Waals surface area contributed by atoms with Gasteiger partial charge in [-0.3, -0.25) is 0 Å². The predicted molar refractivity (Wildman–Crippen MR) is 150 cm³/mol. The largest absolute Gasteiger partial charge is 0.497 e. The van der Waals surface area contributed by atoms with E-state index in [1.54, 1.807) is 14.2 Å². The van der Waals surface area contributed by atoms with Crippen molar-refractivity contribution < 1.29 is 33.5 Å². The number of hydrogen-bond donors (Lipinski definition) is 1. The molecule has 1 aliphatic carbocycles. The molecule has 1 saturated heterocycles. The lowest BCUT2D eigenvalue weighted by atomic mass is 9.94. The first-order valence-electron chi connectivity index (χ1n) is 14.5. The lowest BCUT2D eigenvalue weighted by molar-refractivity contribution is -0.188. The van der Waals surface area contributed by atoms with Crippen LogP contribution >= 0.6 is 0 Å². The molecule has 1 aliphatic heterocycles. The molecule has 2 aliphatic rings. The fraction of sp³-hybridized carbons (Fsp3) is 0.625. The van der Waals surface area contributed by atoms with Gasteiger partial charge in [-0.2, -0.15) is 0 Å². The third-order valence-corrected chi connectivity index (χ3v) is 7.85. The Labute approximate surface area is 233 Å². The molecule has 7 heteroatoms. The van der Waals surface area contributed by atoms with E-state index in [4.69, 9.17) is 28.4 Å². The quantitative estimate of drug-likeness (QED) is 0.268. The zero-order valence-corrected chi connectivity index (χ0v) is 23.6. The van der Waals surface area contributed by atoms with Gasteiger partial charge in [0.1, 0.15) is 5.75 Å². The summed E-state index contributed by atoms with van der Waals surface area (Å²) < 4.78 is 35.8. The average Bonchev–Trinajstić information content (AvgIpc) is 3.37. The smallest absolute Gasteiger partial charge is 0.168 e. The van der Waals surface area contributed by atoms with E-state index in [0.717, 1.165) is 36.1 Å². The Morgan fingerprint density at radius 2 is 1.64 bits per heavy atom. The molecule has 2 fully saturated rings. The number of rotatable bonds is 16. The SMILES string of the molecule is COc1ccc(COCC[C@H](OCc2ccccc2)[C@H](C[C@H](O)CC[C@H]2COC3(CCCCC3)O2)OC)cc1. The lowest BCUT2D eigenvalue weighted by Gasteiger charge is -2.32. The highest BCUT2D eigenvalue weighted by Crippen LogP contribution is 2.38. The van der Waals surface area contributed by atoms with Gasteiger partial charge in [0.2, 0.25) is 0 Å². The molecular formula is C32H46O7. The van der Waals surface area contributed by atoms with Crippen LogP contribution in [0.1, 0.15) is 68.9 Å². The molecule has 4 atom stereocenters. The second-order valence-electron chi connectivity index (χ2n) is 10.8. The summed E-state index contributed by atoms with van der Waals surface area (Å²) in [6.07, 6.45) is 7.22. The molecule has 2 aromatic carbocycles. The van der Waals surface area contributed by atoms with E-state index < -0.39 is 6.10 Å². The molecule has 39 heavy (non-hydrogen) atoms. The number of aliphatic hydroxyl groups excluding tert-OH is 1. The maximum Gasteiger partial charge on any atom is 0.168 e. The fourth-order valence-corrected chi connectivity index (χ4v) is 5.54. The minimum Gasteiger partial charge on any atom is -0.497 e. The van der Waals surface area contributed by atoms with Gasteiger partial charge in [0.25, 0.3) is 0 Å². The summed E-state index contributed by atoms with van der Waals surface area (Å²) in [5.74, 6) is 0.459. The summed E-state index contributed by atoms with van der Waals surface area (Å²) in [7, 11) is 3.35. The predicted octanol–water partition coefficient (Wildman–Crippen LogP) is 5.81. The first-order chi connectivity index (χ1) is 19.1. The third kappa shape index (κ3) is 9.55. The van der Waals surface area contributed by atoms with Crippen molar-refractivity contribution in [2.24, 2.45) is 0 Å². The van der Waals surface area contributed by atoms with E-state index in [1.807, 2.05) is 42.5 Å². The molecule has 1 N–H and O–H groups in total. The number of methoxy groups -OCH3 is 2. The Hall–Kier alpha value is -2.00. The van der Waals surface area contributed by atoms with Gasteiger partial charge in [-0.1, -0.05) is 48.9 Å². The van der Waals surface area contributed by atoms with Crippen molar-refractivity contribution in [2.75, 3.05) is 27.4 Å². The summed E-state index contributed by atoms with van der Waals surface area (Å²) >= 11 is 0. The summed E-state index contributed by atoms with van der Waals surface area (Å²) in [6.45, 7) is 2.14. The van der Waals surface area contributed by atoms with Gasteiger partial charge in [0, 0.05) is 33.0 Å². The molecule has 2 aromatic rings. The molecule has 4 rings (SSSR count). The zero-order valence-electron chi connectivity index (χ0n) is 23.6. The van der Waals surface area contributed by atoms with E-state index in [-0.39, 0.29) is 24.1 Å². The molecular weight excluding hydrogens is 496 g/mol. The Balaban J connectivity index is 1.25. The molecule has 1 saturated carbocycles. The molecule has 0 aromatic heterocycles. The van der Waals surface area contributed by atoms with Crippen molar-refractivity contribution in [3.63, 3.8) is 0 Å². The minimum atomic E-state index is -0.510. The molecule has 216 valence electrons. The van der Waals surface area contributed by atoms with Gasteiger partial charge < -0.3 is 33.5 Å². The average molecular weight is 543 g/mol.